The SMILES string of the molecule is CC(C)n1nccc1NC(=O)[C@@H](C)N[C@@H](C)c1nnc2n1CCCC2. The lowest BCUT2D eigenvalue weighted by Crippen LogP contribution is -2.40. The second kappa shape index (κ2) is 7.35. The van der Waals surface area contributed by atoms with Gasteiger partial charge in [-0.15, -0.1) is 10.2 Å². The van der Waals surface area contributed by atoms with Crippen LogP contribution in [0.4, 0.5) is 5.82 Å². The van der Waals surface area contributed by atoms with E-state index in [-0.39, 0.29) is 24.0 Å². The molecule has 2 aromatic rings. The lowest BCUT2D eigenvalue weighted by atomic mass is 10.1. The predicted molar refractivity (Wildman–Crippen MR) is 95.2 cm³/mol. The van der Waals surface area contributed by atoms with Gasteiger partial charge in [-0.25, -0.2) is 4.68 Å². The zero-order valence-electron chi connectivity index (χ0n) is 15.4. The van der Waals surface area contributed by atoms with Crippen LogP contribution in [0.2, 0.25) is 0 Å². The number of rotatable bonds is 6. The molecule has 8 heteroatoms. The zero-order chi connectivity index (χ0) is 18.0. The van der Waals surface area contributed by atoms with Crippen LogP contribution in [0.15, 0.2) is 12.3 Å². The van der Waals surface area contributed by atoms with Crippen molar-refractivity contribution in [2.24, 2.45) is 0 Å². The molecule has 8 nitrogen and oxygen atoms in total. The number of carbonyl (C=O) groups excluding carboxylic acids is 1. The van der Waals surface area contributed by atoms with E-state index in [1.807, 2.05) is 33.8 Å². The summed E-state index contributed by atoms with van der Waals surface area (Å²) in [6.45, 7) is 8.89. The molecule has 2 N–H and O–H groups in total. The van der Waals surface area contributed by atoms with E-state index in [0.29, 0.717) is 5.82 Å². The molecule has 0 unspecified atom stereocenters. The second-order valence-corrected chi connectivity index (χ2v) is 6.94. The Labute approximate surface area is 148 Å². The highest BCUT2D eigenvalue weighted by atomic mass is 16.2. The number of nitrogens with one attached hydrogen (secondary N) is 2. The number of amides is 1. The fourth-order valence-electron chi connectivity index (χ4n) is 3.24. The van der Waals surface area contributed by atoms with Gasteiger partial charge in [-0.05, 0) is 40.5 Å². The van der Waals surface area contributed by atoms with E-state index in [2.05, 4.69) is 30.5 Å². The Balaban J connectivity index is 1.63. The van der Waals surface area contributed by atoms with E-state index in [4.69, 9.17) is 0 Å². The van der Waals surface area contributed by atoms with Crippen molar-refractivity contribution in [2.75, 3.05) is 5.32 Å². The molecule has 0 saturated carbocycles. The summed E-state index contributed by atoms with van der Waals surface area (Å²) in [5.74, 6) is 2.57. The lowest BCUT2D eigenvalue weighted by molar-refractivity contribution is -0.118. The third kappa shape index (κ3) is 3.73. The standard InChI is InChI=1S/C17H27N7O/c1-11(2)24-14(8-9-18-24)20-17(25)13(4)19-12(3)16-22-21-15-7-5-6-10-23(15)16/h8-9,11-13,19H,5-7,10H2,1-4H3,(H,20,25)/t12-,13+/m0/s1. The predicted octanol–water partition coefficient (Wildman–Crippen LogP) is 2.07. The first-order valence-corrected chi connectivity index (χ1v) is 8.99. The maximum absolute atomic E-state index is 12.5. The number of aryl methyl sites for hydroxylation is 1. The van der Waals surface area contributed by atoms with E-state index in [1.165, 1.54) is 6.42 Å². The van der Waals surface area contributed by atoms with Crippen molar-refractivity contribution in [2.45, 2.75) is 71.6 Å². The first-order chi connectivity index (χ1) is 12.0. The molecule has 0 saturated heterocycles. The van der Waals surface area contributed by atoms with Crippen molar-refractivity contribution >= 4 is 11.7 Å². The summed E-state index contributed by atoms with van der Waals surface area (Å²) in [7, 11) is 0. The largest absolute Gasteiger partial charge is 0.314 e. The molecular formula is C17H27N7O. The summed E-state index contributed by atoms with van der Waals surface area (Å²) in [4.78, 5) is 12.5. The van der Waals surface area contributed by atoms with Gasteiger partial charge in [-0.2, -0.15) is 5.10 Å². The van der Waals surface area contributed by atoms with Crippen LogP contribution >= 0.6 is 0 Å². The summed E-state index contributed by atoms with van der Waals surface area (Å²) in [6.07, 6.45) is 5.00. The third-order valence-corrected chi connectivity index (χ3v) is 4.58. The van der Waals surface area contributed by atoms with Crippen molar-refractivity contribution in [1.82, 2.24) is 29.9 Å². The maximum atomic E-state index is 12.5. The second-order valence-electron chi connectivity index (χ2n) is 6.94. The molecule has 1 aliphatic rings. The minimum absolute atomic E-state index is 0.0462. The first kappa shape index (κ1) is 17.6. The van der Waals surface area contributed by atoms with Crippen LogP contribution in [0.3, 0.4) is 0 Å². The average Bonchev–Trinajstić information content (AvgIpc) is 3.21. The molecular weight excluding hydrogens is 318 g/mol. The third-order valence-electron chi connectivity index (χ3n) is 4.58. The molecule has 1 amide bonds. The Morgan fingerprint density at radius 3 is 2.76 bits per heavy atom. The van der Waals surface area contributed by atoms with Gasteiger partial charge in [0.05, 0.1) is 18.3 Å². The van der Waals surface area contributed by atoms with E-state index in [0.717, 1.165) is 31.0 Å². The molecule has 0 bridgehead atoms. The topological polar surface area (TPSA) is 89.7 Å². The van der Waals surface area contributed by atoms with Crippen LogP contribution in [-0.2, 0) is 17.8 Å². The highest BCUT2D eigenvalue weighted by Crippen LogP contribution is 2.19. The maximum Gasteiger partial charge on any atom is 0.242 e. The molecule has 3 heterocycles. The van der Waals surface area contributed by atoms with E-state index >= 15 is 0 Å². The number of nitrogens with zero attached hydrogens (tertiary/aromatic N) is 5. The highest BCUT2D eigenvalue weighted by Gasteiger charge is 2.23. The summed E-state index contributed by atoms with van der Waals surface area (Å²) in [5.41, 5.74) is 0. The van der Waals surface area contributed by atoms with Gasteiger partial charge in [-0.3, -0.25) is 10.1 Å². The fourth-order valence-corrected chi connectivity index (χ4v) is 3.24. The van der Waals surface area contributed by atoms with Gasteiger partial charge in [0.25, 0.3) is 0 Å². The van der Waals surface area contributed by atoms with Gasteiger partial charge >= 0.3 is 0 Å². The Morgan fingerprint density at radius 1 is 1.20 bits per heavy atom. The number of anilines is 1. The monoisotopic (exact) mass is 345 g/mol. The average molecular weight is 345 g/mol. The number of carbonyl (C=O) groups is 1. The first-order valence-electron chi connectivity index (χ1n) is 8.99. The number of hydrogen-bond acceptors (Lipinski definition) is 5. The van der Waals surface area contributed by atoms with Gasteiger partial charge in [0.2, 0.25) is 5.91 Å². The highest BCUT2D eigenvalue weighted by molar-refractivity contribution is 5.93. The van der Waals surface area contributed by atoms with Crippen LogP contribution in [0.25, 0.3) is 0 Å². The number of fused-ring (bicyclic) bond motifs is 1. The lowest BCUT2D eigenvalue weighted by Gasteiger charge is -2.22. The Kier molecular flexibility index (Phi) is 5.17. The van der Waals surface area contributed by atoms with Crippen molar-refractivity contribution in [3.05, 3.63) is 23.9 Å². The van der Waals surface area contributed by atoms with Crippen molar-refractivity contribution in [3.63, 3.8) is 0 Å². The summed E-state index contributed by atoms with van der Waals surface area (Å²) in [5, 5.41) is 19.1. The van der Waals surface area contributed by atoms with Gasteiger partial charge in [-0.1, -0.05) is 0 Å². The molecule has 25 heavy (non-hydrogen) atoms. The normalized spacial score (nSPS) is 16.5. The quantitative estimate of drug-likeness (QED) is 0.836. The Bertz CT molecular complexity index is 733. The number of hydrogen-bond donors (Lipinski definition) is 2. The molecule has 3 rings (SSSR count). The van der Waals surface area contributed by atoms with E-state index < -0.39 is 0 Å². The minimum Gasteiger partial charge on any atom is -0.314 e. The molecule has 0 fully saturated rings. The minimum atomic E-state index is -0.359. The van der Waals surface area contributed by atoms with Crippen molar-refractivity contribution in [1.29, 1.82) is 0 Å². The summed E-state index contributed by atoms with van der Waals surface area (Å²) < 4.78 is 3.97. The van der Waals surface area contributed by atoms with Crippen LogP contribution in [0, 0.1) is 0 Å². The van der Waals surface area contributed by atoms with Crippen molar-refractivity contribution < 1.29 is 4.79 Å². The van der Waals surface area contributed by atoms with Crippen molar-refractivity contribution in [3.8, 4) is 0 Å². The van der Waals surface area contributed by atoms with E-state index in [1.54, 1.807) is 10.9 Å². The fraction of sp³-hybridized carbons (Fsp3) is 0.647. The molecule has 2 atom stereocenters. The summed E-state index contributed by atoms with van der Waals surface area (Å²) in [6, 6.07) is 1.59. The van der Waals surface area contributed by atoms with Gasteiger partial charge in [0, 0.05) is 25.1 Å². The van der Waals surface area contributed by atoms with Gasteiger partial charge in [0.15, 0.2) is 0 Å². The molecule has 0 radical (unpaired) electrons. The molecule has 0 aliphatic carbocycles. The molecule has 2 aromatic heterocycles. The molecule has 0 spiro atoms. The number of aromatic nitrogens is 5. The smallest absolute Gasteiger partial charge is 0.242 e. The molecule has 1 aliphatic heterocycles. The van der Waals surface area contributed by atoms with Crippen LogP contribution in [-0.4, -0.2) is 36.5 Å². The summed E-state index contributed by atoms with van der Waals surface area (Å²) >= 11 is 0. The van der Waals surface area contributed by atoms with Crippen LogP contribution in [0.5, 0.6) is 0 Å². The van der Waals surface area contributed by atoms with Crippen LogP contribution in [0.1, 0.15) is 64.3 Å². The van der Waals surface area contributed by atoms with Gasteiger partial charge < -0.3 is 9.88 Å². The Hall–Kier alpha value is -2.22. The Morgan fingerprint density at radius 2 is 2.00 bits per heavy atom. The van der Waals surface area contributed by atoms with Crippen LogP contribution < -0.4 is 10.6 Å². The molecule has 136 valence electrons. The molecule has 0 aromatic carbocycles. The van der Waals surface area contributed by atoms with E-state index in [9.17, 15) is 4.79 Å². The van der Waals surface area contributed by atoms with Gasteiger partial charge in [0.1, 0.15) is 17.5 Å². The zero-order valence-corrected chi connectivity index (χ0v) is 15.4.